The molecule has 0 aliphatic rings. The SMILES string of the molecule is C.CNS(=O)(=O)c1cc(C(=O)O)cc(C(=O)O)c1.Cc1nc2ccccc2s1. The Morgan fingerprint density at radius 1 is 1.04 bits per heavy atom. The normalized spacial score (nSPS) is 10.5. The molecule has 0 bridgehead atoms. The molecule has 8 nitrogen and oxygen atoms in total. The molecule has 0 amide bonds. The molecule has 3 rings (SSSR count). The van der Waals surface area contributed by atoms with Crippen LogP contribution in [0.4, 0.5) is 0 Å². The van der Waals surface area contributed by atoms with E-state index in [1.165, 1.54) is 4.70 Å². The molecule has 0 atom stereocenters. The number of nitrogens with zero attached hydrogens (tertiary/aromatic N) is 1. The van der Waals surface area contributed by atoms with Gasteiger partial charge in [-0.1, -0.05) is 19.6 Å². The molecule has 3 aromatic rings. The van der Waals surface area contributed by atoms with Crippen molar-refractivity contribution in [2.24, 2.45) is 0 Å². The van der Waals surface area contributed by atoms with Crippen LogP contribution in [0.2, 0.25) is 0 Å². The number of benzene rings is 2. The molecule has 0 unspecified atom stereocenters. The molecule has 2 aromatic carbocycles. The lowest BCUT2D eigenvalue weighted by Gasteiger charge is -2.05. The molecule has 0 fully saturated rings. The molecule has 1 heterocycles. The first-order valence-corrected chi connectivity index (χ1v) is 9.81. The maximum Gasteiger partial charge on any atom is 0.335 e. The summed E-state index contributed by atoms with van der Waals surface area (Å²) in [4.78, 5) is 25.4. The molecule has 0 aliphatic heterocycles. The van der Waals surface area contributed by atoms with Crippen LogP contribution in [0.5, 0.6) is 0 Å². The molecule has 150 valence electrons. The first-order chi connectivity index (χ1) is 12.6. The number of fused-ring (bicyclic) bond motifs is 1. The number of thiazole rings is 1. The van der Waals surface area contributed by atoms with Crippen molar-refractivity contribution in [3.05, 3.63) is 58.6 Å². The zero-order valence-electron chi connectivity index (χ0n) is 14.3. The van der Waals surface area contributed by atoms with Gasteiger partial charge in [-0.05, 0) is 44.3 Å². The van der Waals surface area contributed by atoms with Gasteiger partial charge in [0.15, 0.2) is 0 Å². The van der Waals surface area contributed by atoms with E-state index in [4.69, 9.17) is 10.2 Å². The second kappa shape index (κ2) is 9.40. The van der Waals surface area contributed by atoms with E-state index in [0.717, 1.165) is 35.8 Å². The Morgan fingerprint density at radius 3 is 2.04 bits per heavy atom. The van der Waals surface area contributed by atoms with Gasteiger partial charge >= 0.3 is 11.9 Å². The lowest BCUT2D eigenvalue weighted by Crippen LogP contribution is -2.19. The van der Waals surface area contributed by atoms with Crippen molar-refractivity contribution in [3.8, 4) is 0 Å². The van der Waals surface area contributed by atoms with Gasteiger partial charge in [-0.2, -0.15) is 0 Å². The number of para-hydroxylation sites is 1. The number of hydrogen-bond acceptors (Lipinski definition) is 6. The zero-order valence-corrected chi connectivity index (χ0v) is 16.0. The third kappa shape index (κ3) is 5.59. The molecule has 0 radical (unpaired) electrons. The average molecular weight is 425 g/mol. The quantitative estimate of drug-likeness (QED) is 0.585. The molecule has 28 heavy (non-hydrogen) atoms. The highest BCUT2D eigenvalue weighted by molar-refractivity contribution is 7.89. The van der Waals surface area contributed by atoms with E-state index in [1.807, 2.05) is 29.8 Å². The number of carbonyl (C=O) groups is 2. The van der Waals surface area contributed by atoms with Gasteiger partial charge in [-0.3, -0.25) is 0 Å². The summed E-state index contributed by atoms with van der Waals surface area (Å²) in [5.41, 5.74) is 0.308. The van der Waals surface area contributed by atoms with E-state index in [2.05, 4.69) is 11.1 Å². The summed E-state index contributed by atoms with van der Waals surface area (Å²) in [7, 11) is -2.74. The number of aryl methyl sites for hydroxylation is 1. The van der Waals surface area contributed by atoms with Crippen molar-refractivity contribution < 1.29 is 28.2 Å². The summed E-state index contributed by atoms with van der Waals surface area (Å²) in [5, 5.41) is 18.6. The molecular formula is C18H20N2O6S2. The smallest absolute Gasteiger partial charge is 0.335 e. The lowest BCUT2D eigenvalue weighted by molar-refractivity contribution is 0.0696. The maximum atomic E-state index is 11.5. The van der Waals surface area contributed by atoms with Gasteiger partial charge in [0.1, 0.15) is 0 Å². The van der Waals surface area contributed by atoms with Crippen LogP contribution in [0.1, 0.15) is 33.2 Å². The number of carboxylic acid groups (broad SMARTS) is 2. The Morgan fingerprint density at radius 2 is 1.57 bits per heavy atom. The molecule has 0 aliphatic carbocycles. The van der Waals surface area contributed by atoms with Crippen molar-refractivity contribution >= 4 is 43.5 Å². The van der Waals surface area contributed by atoms with Crippen LogP contribution < -0.4 is 4.72 Å². The summed E-state index contributed by atoms with van der Waals surface area (Å²) in [6.07, 6.45) is 0. The van der Waals surface area contributed by atoms with Crippen molar-refractivity contribution in [1.82, 2.24) is 9.71 Å². The number of sulfonamides is 1. The van der Waals surface area contributed by atoms with Gasteiger partial charge in [0.05, 0.1) is 31.2 Å². The van der Waals surface area contributed by atoms with E-state index in [-0.39, 0.29) is 7.43 Å². The number of aromatic nitrogens is 1. The Balaban J connectivity index is 0.000000302. The Kier molecular flexibility index (Phi) is 7.79. The number of carboxylic acids is 2. The Bertz CT molecular complexity index is 1040. The predicted octanol–water partition coefficient (Wildman–Crippen LogP) is 3.23. The Hall–Kier alpha value is -2.82. The number of hydrogen-bond donors (Lipinski definition) is 3. The van der Waals surface area contributed by atoms with Gasteiger partial charge in [-0.25, -0.2) is 27.7 Å². The van der Waals surface area contributed by atoms with Gasteiger partial charge in [-0.15, -0.1) is 11.3 Å². The van der Waals surface area contributed by atoms with E-state index < -0.39 is 38.0 Å². The number of rotatable bonds is 4. The summed E-state index contributed by atoms with van der Waals surface area (Å²) < 4.78 is 26.2. The fraction of sp³-hybridized carbons (Fsp3) is 0.167. The van der Waals surface area contributed by atoms with Crippen LogP contribution >= 0.6 is 11.3 Å². The van der Waals surface area contributed by atoms with Gasteiger partial charge in [0, 0.05) is 0 Å². The van der Waals surface area contributed by atoms with Crippen molar-refractivity contribution in [2.75, 3.05) is 7.05 Å². The van der Waals surface area contributed by atoms with E-state index >= 15 is 0 Å². The largest absolute Gasteiger partial charge is 0.478 e. The van der Waals surface area contributed by atoms with Crippen LogP contribution in [-0.4, -0.2) is 42.6 Å². The van der Waals surface area contributed by atoms with E-state index in [0.29, 0.717) is 0 Å². The molecule has 0 saturated carbocycles. The standard InChI is InChI=1S/C9H9NO6S.C8H7NS.CH4/c1-10-17(15,16)7-3-5(8(11)12)2-6(4-7)9(13)14;1-6-9-7-4-2-3-5-8(7)10-6;/h2-4,10H,1H3,(H,11,12)(H,13,14);2-5H,1H3;1H4. The van der Waals surface area contributed by atoms with Crippen molar-refractivity contribution in [2.45, 2.75) is 19.2 Å². The van der Waals surface area contributed by atoms with Gasteiger partial charge < -0.3 is 10.2 Å². The first-order valence-electron chi connectivity index (χ1n) is 7.51. The first kappa shape index (κ1) is 23.2. The minimum Gasteiger partial charge on any atom is -0.478 e. The molecular weight excluding hydrogens is 404 g/mol. The fourth-order valence-electron chi connectivity index (χ4n) is 2.11. The third-order valence-corrected chi connectivity index (χ3v) is 5.73. The molecule has 10 heteroatoms. The minimum absolute atomic E-state index is 0. The third-order valence-electron chi connectivity index (χ3n) is 3.38. The summed E-state index contributed by atoms with van der Waals surface area (Å²) >= 11 is 1.74. The molecule has 0 saturated heterocycles. The highest BCUT2D eigenvalue weighted by Gasteiger charge is 2.18. The number of nitrogens with one attached hydrogen (secondary N) is 1. The number of aromatic carboxylic acids is 2. The van der Waals surface area contributed by atoms with Crippen LogP contribution in [0, 0.1) is 6.92 Å². The van der Waals surface area contributed by atoms with Crippen molar-refractivity contribution in [1.29, 1.82) is 0 Å². The molecule has 3 N–H and O–H groups in total. The van der Waals surface area contributed by atoms with Crippen LogP contribution in [0.15, 0.2) is 47.4 Å². The average Bonchev–Trinajstić information content (AvgIpc) is 3.01. The summed E-state index contributed by atoms with van der Waals surface area (Å²) in [5.74, 6) is -2.80. The minimum atomic E-state index is -3.89. The van der Waals surface area contributed by atoms with Crippen molar-refractivity contribution in [3.63, 3.8) is 0 Å². The van der Waals surface area contributed by atoms with Crippen LogP contribution in [0.3, 0.4) is 0 Å². The highest BCUT2D eigenvalue weighted by atomic mass is 32.2. The van der Waals surface area contributed by atoms with Gasteiger partial charge in [0.2, 0.25) is 10.0 Å². The van der Waals surface area contributed by atoms with Crippen LogP contribution in [-0.2, 0) is 10.0 Å². The maximum absolute atomic E-state index is 11.5. The Labute approximate surface area is 166 Å². The highest BCUT2D eigenvalue weighted by Crippen LogP contribution is 2.20. The topological polar surface area (TPSA) is 134 Å². The van der Waals surface area contributed by atoms with Gasteiger partial charge in [0.25, 0.3) is 0 Å². The van der Waals surface area contributed by atoms with E-state index in [1.54, 1.807) is 11.3 Å². The lowest BCUT2D eigenvalue weighted by atomic mass is 10.1. The monoisotopic (exact) mass is 424 g/mol. The summed E-state index contributed by atoms with van der Waals surface area (Å²) in [6.45, 7) is 2.03. The predicted molar refractivity (Wildman–Crippen MR) is 108 cm³/mol. The van der Waals surface area contributed by atoms with Crippen LogP contribution in [0.25, 0.3) is 10.2 Å². The zero-order chi connectivity index (χ0) is 20.2. The second-order valence-electron chi connectivity index (χ2n) is 5.26. The fourth-order valence-corrected chi connectivity index (χ4v) is 3.73. The summed E-state index contributed by atoms with van der Waals surface area (Å²) in [6, 6.07) is 10.9. The van der Waals surface area contributed by atoms with E-state index in [9.17, 15) is 18.0 Å². The molecule has 1 aromatic heterocycles. The second-order valence-corrected chi connectivity index (χ2v) is 8.39. The molecule has 0 spiro atoms.